The van der Waals surface area contributed by atoms with E-state index in [0.29, 0.717) is 11.8 Å². The van der Waals surface area contributed by atoms with Gasteiger partial charge in [-0.25, -0.2) is 4.98 Å². The van der Waals surface area contributed by atoms with Gasteiger partial charge >= 0.3 is 0 Å². The molecule has 1 aromatic heterocycles. The molecule has 0 saturated heterocycles. The highest BCUT2D eigenvalue weighted by Gasteiger charge is 2.31. The summed E-state index contributed by atoms with van der Waals surface area (Å²) < 4.78 is 5.90. The number of oxazole rings is 1. The lowest BCUT2D eigenvalue weighted by molar-refractivity contribution is 0.401. The van der Waals surface area contributed by atoms with Crippen molar-refractivity contribution in [3.05, 3.63) is 29.7 Å². The molecule has 0 bridgehead atoms. The van der Waals surface area contributed by atoms with Crippen molar-refractivity contribution in [1.29, 1.82) is 0 Å². The average Bonchev–Trinajstić information content (AvgIpc) is 2.93. The van der Waals surface area contributed by atoms with Gasteiger partial charge in [0.1, 0.15) is 5.52 Å². The standard InChI is InChI=1S/C14H18N2O/c1-9-5-6-12-13(7-9)17-14(16-12)11-4-2-3-10(11)8-15/h5-7,10-11H,2-4,8,15H2,1H3. The SMILES string of the molecule is Cc1ccc2nc(C3CCCC3CN)oc2c1. The highest BCUT2D eigenvalue weighted by molar-refractivity contribution is 5.73. The molecule has 0 amide bonds. The van der Waals surface area contributed by atoms with Crippen LogP contribution in [0.1, 0.15) is 36.6 Å². The van der Waals surface area contributed by atoms with E-state index >= 15 is 0 Å². The molecule has 3 rings (SSSR count). The second-order valence-corrected chi connectivity index (χ2v) is 5.06. The van der Waals surface area contributed by atoms with E-state index in [0.717, 1.165) is 30.0 Å². The number of benzene rings is 1. The first-order chi connectivity index (χ1) is 8.28. The third kappa shape index (κ3) is 1.84. The largest absolute Gasteiger partial charge is 0.440 e. The molecule has 2 unspecified atom stereocenters. The molecule has 0 radical (unpaired) electrons. The van der Waals surface area contributed by atoms with Gasteiger partial charge in [-0.15, -0.1) is 0 Å². The van der Waals surface area contributed by atoms with Crippen molar-refractivity contribution in [2.75, 3.05) is 6.54 Å². The molecule has 1 fully saturated rings. The first-order valence-corrected chi connectivity index (χ1v) is 6.35. The number of hydrogen-bond acceptors (Lipinski definition) is 3. The smallest absolute Gasteiger partial charge is 0.198 e. The van der Waals surface area contributed by atoms with E-state index in [2.05, 4.69) is 24.0 Å². The van der Waals surface area contributed by atoms with Crippen LogP contribution in [0.4, 0.5) is 0 Å². The van der Waals surface area contributed by atoms with Crippen LogP contribution in [-0.4, -0.2) is 11.5 Å². The van der Waals surface area contributed by atoms with Crippen LogP contribution in [0, 0.1) is 12.8 Å². The van der Waals surface area contributed by atoms with Gasteiger partial charge in [0, 0.05) is 5.92 Å². The fourth-order valence-electron chi connectivity index (χ4n) is 2.85. The van der Waals surface area contributed by atoms with Gasteiger partial charge in [-0.3, -0.25) is 0 Å². The third-order valence-electron chi connectivity index (χ3n) is 3.84. The molecule has 90 valence electrons. The molecule has 17 heavy (non-hydrogen) atoms. The first-order valence-electron chi connectivity index (χ1n) is 6.35. The van der Waals surface area contributed by atoms with E-state index in [1.165, 1.54) is 18.4 Å². The van der Waals surface area contributed by atoms with Crippen molar-refractivity contribution in [2.45, 2.75) is 32.1 Å². The van der Waals surface area contributed by atoms with Crippen molar-refractivity contribution >= 4 is 11.1 Å². The van der Waals surface area contributed by atoms with Gasteiger partial charge in [-0.2, -0.15) is 0 Å². The molecule has 2 aromatic rings. The summed E-state index contributed by atoms with van der Waals surface area (Å²) in [5.41, 5.74) is 8.89. The second kappa shape index (κ2) is 4.15. The number of rotatable bonds is 2. The van der Waals surface area contributed by atoms with Crippen LogP contribution in [-0.2, 0) is 0 Å². The third-order valence-corrected chi connectivity index (χ3v) is 3.84. The molecule has 3 heteroatoms. The molecule has 1 saturated carbocycles. The van der Waals surface area contributed by atoms with Crippen molar-refractivity contribution in [3.63, 3.8) is 0 Å². The normalized spacial score (nSPS) is 24.6. The molecule has 1 heterocycles. The van der Waals surface area contributed by atoms with Gasteiger partial charge in [-0.1, -0.05) is 12.5 Å². The van der Waals surface area contributed by atoms with Crippen LogP contribution in [0.5, 0.6) is 0 Å². The zero-order valence-electron chi connectivity index (χ0n) is 10.1. The fraction of sp³-hybridized carbons (Fsp3) is 0.500. The Morgan fingerprint density at radius 2 is 2.29 bits per heavy atom. The molecule has 3 nitrogen and oxygen atoms in total. The zero-order chi connectivity index (χ0) is 11.8. The Balaban J connectivity index is 2.00. The molecule has 2 atom stereocenters. The van der Waals surface area contributed by atoms with E-state index in [-0.39, 0.29) is 0 Å². The lowest BCUT2D eigenvalue weighted by atomic mass is 9.96. The summed E-state index contributed by atoms with van der Waals surface area (Å²) in [6.07, 6.45) is 3.61. The average molecular weight is 230 g/mol. The Morgan fingerprint density at radius 3 is 3.12 bits per heavy atom. The molecular formula is C14H18N2O. The van der Waals surface area contributed by atoms with Gasteiger partial charge in [0.15, 0.2) is 11.5 Å². The van der Waals surface area contributed by atoms with Crippen LogP contribution in [0.15, 0.2) is 22.6 Å². The summed E-state index contributed by atoms with van der Waals surface area (Å²) in [7, 11) is 0. The quantitative estimate of drug-likeness (QED) is 0.862. The monoisotopic (exact) mass is 230 g/mol. The predicted molar refractivity (Wildman–Crippen MR) is 67.9 cm³/mol. The maximum Gasteiger partial charge on any atom is 0.198 e. The van der Waals surface area contributed by atoms with Crippen molar-refractivity contribution in [3.8, 4) is 0 Å². The van der Waals surface area contributed by atoms with Crippen LogP contribution < -0.4 is 5.73 Å². The van der Waals surface area contributed by atoms with Crippen LogP contribution in [0.2, 0.25) is 0 Å². The molecule has 1 aliphatic rings. The maximum atomic E-state index is 5.90. The zero-order valence-corrected chi connectivity index (χ0v) is 10.1. The summed E-state index contributed by atoms with van der Waals surface area (Å²) in [5.74, 6) is 1.86. The molecule has 0 aliphatic heterocycles. The van der Waals surface area contributed by atoms with Gasteiger partial charge < -0.3 is 10.2 Å². The Kier molecular flexibility index (Phi) is 2.63. The lowest BCUT2D eigenvalue weighted by Crippen LogP contribution is -2.17. The van der Waals surface area contributed by atoms with E-state index in [4.69, 9.17) is 10.2 Å². The van der Waals surface area contributed by atoms with Gasteiger partial charge in [0.2, 0.25) is 0 Å². The van der Waals surface area contributed by atoms with Crippen LogP contribution >= 0.6 is 0 Å². The summed E-state index contributed by atoms with van der Waals surface area (Å²) in [6.45, 7) is 2.81. The minimum Gasteiger partial charge on any atom is -0.440 e. The van der Waals surface area contributed by atoms with E-state index in [1.807, 2.05) is 6.07 Å². The summed E-state index contributed by atoms with van der Waals surface area (Å²) in [5, 5.41) is 0. The predicted octanol–water partition coefficient (Wildman–Crippen LogP) is 2.98. The van der Waals surface area contributed by atoms with Gasteiger partial charge in [-0.05, 0) is 49.9 Å². The molecule has 1 aliphatic carbocycles. The first kappa shape index (κ1) is 10.8. The Labute approximate surface area is 101 Å². The Bertz CT molecular complexity index is 532. The summed E-state index contributed by atoms with van der Waals surface area (Å²) >= 11 is 0. The fourth-order valence-corrected chi connectivity index (χ4v) is 2.85. The van der Waals surface area contributed by atoms with Gasteiger partial charge in [0.25, 0.3) is 0 Å². The number of nitrogens with zero attached hydrogens (tertiary/aromatic N) is 1. The van der Waals surface area contributed by atoms with Crippen molar-refractivity contribution in [1.82, 2.24) is 4.98 Å². The number of aryl methyl sites for hydroxylation is 1. The van der Waals surface area contributed by atoms with Gasteiger partial charge in [0.05, 0.1) is 0 Å². The van der Waals surface area contributed by atoms with Crippen LogP contribution in [0.3, 0.4) is 0 Å². The van der Waals surface area contributed by atoms with Crippen molar-refractivity contribution < 1.29 is 4.42 Å². The number of nitrogens with two attached hydrogens (primary N) is 1. The highest BCUT2D eigenvalue weighted by Crippen LogP contribution is 2.39. The number of fused-ring (bicyclic) bond motifs is 1. The number of hydrogen-bond donors (Lipinski definition) is 1. The highest BCUT2D eigenvalue weighted by atomic mass is 16.3. The summed E-state index contributed by atoms with van der Waals surface area (Å²) in [6, 6.07) is 6.16. The Hall–Kier alpha value is -1.35. The van der Waals surface area contributed by atoms with E-state index in [1.54, 1.807) is 0 Å². The van der Waals surface area contributed by atoms with E-state index < -0.39 is 0 Å². The molecule has 0 spiro atoms. The lowest BCUT2D eigenvalue weighted by Gasteiger charge is -2.13. The molecular weight excluding hydrogens is 212 g/mol. The topological polar surface area (TPSA) is 52.0 Å². The molecule has 1 aromatic carbocycles. The van der Waals surface area contributed by atoms with E-state index in [9.17, 15) is 0 Å². The van der Waals surface area contributed by atoms with Crippen molar-refractivity contribution in [2.24, 2.45) is 11.7 Å². The Morgan fingerprint density at radius 1 is 1.41 bits per heavy atom. The molecule has 2 N–H and O–H groups in total. The minimum absolute atomic E-state index is 0.424. The number of aromatic nitrogens is 1. The minimum atomic E-state index is 0.424. The second-order valence-electron chi connectivity index (χ2n) is 5.06. The van der Waals surface area contributed by atoms with Crippen LogP contribution in [0.25, 0.3) is 11.1 Å². The summed E-state index contributed by atoms with van der Waals surface area (Å²) in [4.78, 5) is 4.61. The maximum absolute atomic E-state index is 5.90.